The fourth-order valence-corrected chi connectivity index (χ4v) is 6.05. The van der Waals surface area contributed by atoms with Crippen LogP contribution in [-0.2, 0) is 37.4 Å². The van der Waals surface area contributed by atoms with Gasteiger partial charge in [-0.2, -0.15) is 0 Å². The van der Waals surface area contributed by atoms with Crippen LogP contribution in [0, 0.1) is 5.82 Å². The first-order chi connectivity index (χ1) is 19.9. The summed E-state index contributed by atoms with van der Waals surface area (Å²) in [5, 5.41) is 9.92. The molecular formula is C32H31ClFN3O4. The predicted molar refractivity (Wildman–Crippen MR) is 153 cm³/mol. The first-order valence-corrected chi connectivity index (χ1v) is 14.6. The molecular weight excluding hydrogens is 545 g/mol. The Labute approximate surface area is 242 Å². The van der Waals surface area contributed by atoms with Crippen molar-refractivity contribution in [3.63, 3.8) is 0 Å². The molecule has 1 atom stereocenters. The van der Waals surface area contributed by atoms with E-state index in [0.717, 1.165) is 68.0 Å². The third-order valence-electron chi connectivity index (χ3n) is 8.46. The first-order valence-electron chi connectivity index (χ1n) is 14.2. The maximum Gasteiger partial charge on any atom is 0.335 e. The van der Waals surface area contributed by atoms with E-state index in [1.165, 1.54) is 22.8 Å². The van der Waals surface area contributed by atoms with Crippen LogP contribution in [0.1, 0.15) is 63.6 Å². The predicted octanol–water partition coefficient (Wildman–Crippen LogP) is 6.33. The van der Waals surface area contributed by atoms with E-state index in [-0.39, 0.29) is 24.1 Å². The summed E-state index contributed by atoms with van der Waals surface area (Å²) in [6.07, 6.45) is 4.34. The van der Waals surface area contributed by atoms with Crippen LogP contribution in [0.5, 0.6) is 5.75 Å². The Hall–Kier alpha value is -3.46. The van der Waals surface area contributed by atoms with Crippen molar-refractivity contribution < 1.29 is 23.8 Å². The number of halogens is 2. The molecule has 1 saturated carbocycles. The van der Waals surface area contributed by atoms with E-state index >= 15 is 0 Å². The van der Waals surface area contributed by atoms with Gasteiger partial charge in [0.1, 0.15) is 24.0 Å². The molecule has 7 nitrogen and oxygen atoms in total. The third kappa shape index (κ3) is 5.44. The molecule has 3 aliphatic rings. The number of imidazole rings is 1. The minimum absolute atomic E-state index is 0.118. The van der Waals surface area contributed by atoms with E-state index in [0.29, 0.717) is 29.6 Å². The maximum atomic E-state index is 14.4. The average Bonchev–Trinajstić information content (AvgIpc) is 3.72. The van der Waals surface area contributed by atoms with Crippen LogP contribution < -0.4 is 4.74 Å². The highest BCUT2D eigenvalue weighted by molar-refractivity contribution is 6.30. The lowest BCUT2D eigenvalue weighted by molar-refractivity contribution is -0.0592. The molecule has 7 rings (SSSR count). The number of nitrogens with zero attached hydrogens (tertiary/aromatic N) is 3. The van der Waals surface area contributed by atoms with Crippen molar-refractivity contribution in [1.82, 2.24) is 14.5 Å². The molecule has 41 heavy (non-hydrogen) atoms. The molecule has 3 aromatic carbocycles. The number of benzene rings is 3. The number of fused-ring (bicyclic) bond motifs is 2. The topological polar surface area (TPSA) is 76.8 Å². The second-order valence-electron chi connectivity index (χ2n) is 11.3. The van der Waals surface area contributed by atoms with Gasteiger partial charge in [-0.05, 0) is 84.7 Å². The van der Waals surface area contributed by atoms with Gasteiger partial charge >= 0.3 is 5.97 Å². The molecule has 1 saturated heterocycles. The van der Waals surface area contributed by atoms with Crippen LogP contribution in [0.25, 0.3) is 11.0 Å². The molecule has 2 fully saturated rings. The van der Waals surface area contributed by atoms with Gasteiger partial charge in [0.05, 0.1) is 35.8 Å². The quantitative estimate of drug-likeness (QED) is 0.251. The number of hydrogen-bond donors (Lipinski definition) is 1. The van der Waals surface area contributed by atoms with Crippen molar-refractivity contribution in [2.45, 2.75) is 63.9 Å². The minimum Gasteiger partial charge on any atom is -0.488 e. The molecule has 2 aliphatic heterocycles. The molecule has 4 aromatic rings. The summed E-state index contributed by atoms with van der Waals surface area (Å²) in [6, 6.07) is 14.2. The lowest BCUT2D eigenvalue weighted by Gasteiger charge is -2.31. The zero-order valence-electron chi connectivity index (χ0n) is 22.6. The summed E-state index contributed by atoms with van der Waals surface area (Å²) in [6.45, 7) is 3.85. The van der Waals surface area contributed by atoms with Crippen LogP contribution in [0.2, 0.25) is 5.02 Å². The van der Waals surface area contributed by atoms with E-state index in [9.17, 15) is 14.3 Å². The van der Waals surface area contributed by atoms with Crippen molar-refractivity contribution in [2.24, 2.45) is 0 Å². The number of aromatic carboxylic acids is 1. The number of aromatic nitrogens is 2. The molecule has 1 aromatic heterocycles. The first kappa shape index (κ1) is 26.4. The number of rotatable bonds is 9. The maximum absolute atomic E-state index is 14.4. The Morgan fingerprint density at radius 1 is 1.12 bits per heavy atom. The summed E-state index contributed by atoms with van der Waals surface area (Å²) in [5.41, 5.74) is 6.14. The highest BCUT2D eigenvalue weighted by atomic mass is 35.5. The summed E-state index contributed by atoms with van der Waals surface area (Å²) in [7, 11) is 0. The monoisotopic (exact) mass is 575 g/mol. The molecule has 1 N–H and O–H groups in total. The average molecular weight is 576 g/mol. The van der Waals surface area contributed by atoms with Crippen LogP contribution in [-0.4, -0.2) is 44.8 Å². The van der Waals surface area contributed by atoms with Gasteiger partial charge in [0.15, 0.2) is 0 Å². The summed E-state index contributed by atoms with van der Waals surface area (Å²) in [4.78, 5) is 18.9. The Morgan fingerprint density at radius 3 is 2.71 bits per heavy atom. The van der Waals surface area contributed by atoms with Crippen molar-refractivity contribution in [2.75, 3.05) is 13.2 Å². The van der Waals surface area contributed by atoms with E-state index in [1.807, 2.05) is 0 Å². The smallest absolute Gasteiger partial charge is 0.335 e. The molecule has 9 heteroatoms. The fraction of sp³-hybridized carbons (Fsp3) is 0.375. The van der Waals surface area contributed by atoms with Crippen LogP contribution >= 0.6 is 11.6 Å². The second kappa shape index (κ2) is 10.7. The van der Waals surface area contributed by atoms with E-state index in [1.54, 1.807) is 30.3 Å². The lowest BCUT2D eigenvalue weighted by Crippen LogP contribution is -2.34. The van der Waals surface area contributed by atoms with E-state index < -0.39 is 5.97 Å². The molecule has 0 unspecified atom stereocenters. The number of ether oxygens (including phenoxy) is 2. The summed E-state index contributed by atoms with van der Waals surface area (Å²) >= 11 is 5.93. The van der Waals surface area contributed by atoms with Gasteiger partial charge in [-0.15, -0.1) is 0 Å². The molecule has 0 bridgehead atoms. The van der Waals surface area contributed by atoms with Gasteiger partial charge in [-0.3, -0.25) is 4.90 Å². The SMILES string of the molecule is O=C(O)c1ccc2nc(CN3CCc4cc(C5CC5)c(OCc5ccc(Cl)cc5F)cc4C3)n(C[C@@H]3CCO3)c2c1. The van der Waals surface area contributed by atoms with Crippen LogP contribution in [0.3, 0.4) is 0 Å². The fourth-order valence-electron chi connectivity index (χ4n) is 5.89. The van der Waals surface area contributed by atoms with Gasteiger partial charge in [0, 0.05) is 30.3 Å². The molecule has 0 amide bonds. The highest BCUT2D eigenvalue weighted by Crippen LogP contribution is 2.46. The molecule has 0 radical (unpaired) electrons. The van der Waals surface area contributed by atoms with Crippen LogP contribution in [0.15, 0.2) is 48.5 Å². The minimum atomic E-state index is -0.948. The Kier molecular flexibility index (Phi) is 6.93. The molecule has 1 aliphatic carbocycles. The van der Waals surface area contributed by atoms with Gasteiger partial charge in [-0.1, -0.05) is 23.7 Å². The highest BCUT2D eigenvalue weighted by Gasteiger charge is 2.30. The largest absolute Gasteiger partial charge is 0.488 e. The summed E-state index contributed by atoms with van der Waals surface area (Å²) in [5.74, 6) is 0.938. The molecule has 0 spiro atoms. The zero-order chi connectivity index (χ0) is 28.1. The zero-order valence-corrected chi connectivity index (χ0v) is 23.4. The number of carboxylic acid groups (broad SMARTS) is 1. The van der Waals surface area contributed by atoms with Crippen molar-refractivity contribution in [3.05, 3.63) is 93.0 Å². The number of carbonyl (C=O) groups is 1. The van der Waals surface area contributed by atoms with Crippen molar-refractivity contribution in [3.8, 4) is 5.75 Å². The summed E-state index contributed by atoms with van der Waals surface area (Å²) < 4.78 is 28.5. The third-order valence-corrected chi connectivity index (χ3v) is 8.69. The van der Waals surface area contributed by atoms with Gasteiger partial charge in [0.2, 0.25) is 0 Å². The number of carboxylic acids is 1. The Balaban J connectivity index is 1.14. The van der Waals surface area contributed by atoms with Gasteiger partial charge in [0.25, 0.3) is 0 Å². The Bertz CT molecular complexity index is 1650. The second-order valence-corrected chi connectivity index (χ2v) is 11.8. The van der Waals surface area contributed by atoms with Crippen molar-refractivity contribution >= 4 is 28.6 Å². The van der Waals surface area contributed by atoms with Gasteiger partial charge < -0.3 is 19.1 Å². The van der Waals surface area contributed by atoms with E-state index in [4.69, 9.17) is 26.1 Å². The normalized spacial score (nSPS) is 18.7. The lowest BCUT2D eigenvalue weighted by atomic mass is 9.94. The Morgan fingerprint density at radius 2 is 1.98 bits per heavy atom. The standard InChI is InChI=1S/C32H31ClFN3O4/c33-24-5-3-22(27(34)14-24)18-41-30-13-23-15-36(9-7-20(23)11-26(30)19-1-2-19)17-31-35-28-6-4-21(32(38)39)12-29(28)37(31)16-25-8-10-40-25/h3-6,11-14,19,25H,1-2,7-10,15-18H2,(H,38,39)/t25-/m0/s1. The number of hydrogen-bond acceptors (Lipinski definition) is 5. The van der Waals surface area contributed by atoms with Gasteiger partial charge in [-0.25, -0.2) is 14.2 Å². The van der Waals surface area contributed by atoms with Crippen molar-refractivity contribution in [1.29, 1.82) is 0 Å². The van der Waals surface area contributed by atoms with Crippen LogP contribution in [0.4, 0.5) is 4.39 Å². The molecule has 3 heterocycles. The molecule has 212 valence electrons. The van der Waals surface area contributed by atoms with E-state index in [2.05, 4.69) is 21.6 Å².